The van der Waals surface area contributed by atoms with Crippen LogP contribution >= 0.6 is 11.3 Å². The van der Waals surface area contributed by atoms with E-state index in [4.69, 9.17) is 4.74 Å². The van der Waals surface area contributed by atoms with Gasteiger partial charge in [0.2, 0.25) is 0 Å². The molecule has 5 heteroatoms. The van der Waals surface area contributed by atoms with E-state index in [2.05, 4.69) is 23.1 Å². The second-order valence-corrected chi connectivity index (χ2v) is 8.25. The number of hydrogen-bond donors (Lipinski definition) is 1. The number of carbonyl (C=O) groups is 1. The summed E-state index contributed by atoms with van der Waals surface area (Å²) < 4.78 is 6.17. The van der Waals surface area contributed by atoms with E-state index in [1.165, 1.54) is 24.2 Å². The molecule has 1 saturated heterocycles. The molecule has 28 heavy (non-hydrogen) atoms. The number of aliphatic carboxylic acids is 1. The SMILES string of the molecule is O=C(O)C(Cc1c(OCCN2CCCC2)ccc2ccccc12)c1cccs1. The van der Waals surface area contributed by atoms with Crippen LogP contribution in [0, 0.1) is 0 Å². The van der Waals surface area contributed by atoms with Crippen molar-refractivity contribution in [2.24, 2.45) is 0 Å². The zero-order valence-corrected chi connectivity index (χ0v) is 16.7. The fourth-order valence-corrected chi connectivity index (χ4v) is 4.78. The zero-order chi connectivity index (χ0) is 19.3. The quantitative estimate of drug-likeness (QED) is 0.596. The molecule has 0 saturated carbocycles. The molecule has 1 N–H and O–H groups in total. The Kier molecular flexibility index (Phi) is 5.93. The lowest BCUT2D eigenvalue weighted by molar-refractivity contribution is -0.138. The minimum absolute atomic E-state index is 0.427. The lowest BCUT2D eigenvalue weighted by Crippen LogP contribution is -2.25. The number of carboxylic acids is 1. The van der Waals surface area contributed by atoms with Gasteiger partial charge in [-0.05, 0) is 60.6 Å². The average molecular weight is 396 g/mol. The third-order valence-electron chi connectivity index (χ3n) is 5.45. The molecule has 1 aromatic heterocycles. The van der Waals surface area contributed by atoms with E-state index in [1.54, 1.807) is 0 Å². The first-order valence-corrected chi connectivity index (χ1v) is 10.7. The van der Waals surface area contributed by atoms with Gasteiger partial charge in [-0.2, -0.15) is 0 Å². The van der Waals surface area contributed by atoms with Crippen LogP contribution in [0.4, 0.5) is 0 Å². The Morgan fingerprint density at radius 3 is 2.68 bits per heavy atom. The highest BCUT2D eigenvalue weighted by Crippen LogP contribution is 2.34. The highest BCUT2D eigenvalue weighted by atomic mass is 32.1. The summed E-state index contributed by atoms with van der Waals surface area (Å²) in [5.74, 6) is -0.550. The third-order valence-corrected chi connectivity index (χ3v) is 6.44. The Morgan fingerprint density at radius 2 is 1.93 bits per heavy atom. The third kappa shape index (κ3) is 4.21. The Balaban J connectivity index is 1.62. The topological polar surface area (TPSA) is 49.8 Å². The van der Waals surface area contributed by atoms with E-state index < -0.39 is 11.9 Å². The van der Waals surface area contributed by atoms with Crippen LogP contribution in [0.15, 0.2) is 53.9 Å². The molecule has 2 aromatic carbocycles. The minimum Gasteiger partial charge on any atom is -0.492 e. The molecule has 0 aliphatic carbocycles. The molecule has 0 spiro atoms. The van der Waals surface area contributed by atoms with Crippen molar-refractivity contribution in [2.45, 2.75) is 25.2 Å². The summed E-state index contributed by atoms with van der Waals surface area (Å²) in [4.78, 5) is 15.3. The van der Waals surface area contributed by atoms with Gasteiger partial charge in [0.05, 0.1) is 5.92 Å². The van der Waals surface area contributed by atoms with Crippen LogP contribution in [0.2, 0.25) is 0 Å². The van der Waals surface area contributed by atoms with Gasteiger partial charge in [-0.15, -0.1) is 11.3 Å². The molecule has 1 aliphatic heterocycles. The second-order valence-electron chi connectivity index (χ2n) is 7.27. The van der Waals surface area contributed by atoms with Crippen LogP contribution in [-0.2, 0) is 11.2 Å². The molecule has 2 heterocycles. The maximum absolute atomic E-state index is 12.0. The van der Waals surface area contributed by atoms with Crippen molar-refractivity contribution < 1.29 is 14.6 Å². The zero-order valence-electron chi connectivity index (χ0n) is 15.8. The van der Waals surface area contributed by atoms with Crippen molar-refractivity contribution in [3.05, 3.63) is 64.4 Å². The summed E-state index contributed by atoms with van der Waals surface area (Å²) in [6.45, 7) is 3.84. The van der Waals surface area contributed by atoms with Gasteiger partial charge < -0.3 is 9.84 Å². The van der Waals surface area contributed by atoms with Gasteiger partial charge in [0.1, 0.15) is 12.4 Å². The average Bonchev–Trinajstić information content (AvgIpc) is 3.41. The van der Waals surface area contributed by atoms with Gasteiger partial charge in [-0.3, -0.25) is 9.69 Å². The maximum atomic E-state index is 12.0. The van der Waals surface area contributed by atoms with Gasteiger partial charge in [0, 0.05) is 17.0 Å². The molecule has 146 valence electrons. The second kappa shape index (κ2) is 8.76. The van der Waals surface area contributed by atoms with Crippen LogP contribution in [0.1, 0.15) is 29.2 Å². The van der Waals surface area contributed by atoms with Crippen LogP contribution in [0.25, 0.3) is 10.8 Å². The van der Waals surface area contributed by atoms with Gasteiger partial charge >= 0.3 is 5.97 Å². The number of hydrogen-bond acceptors (Lipinski definition) is 4. The first kappa shape index (κ1) is 19.0. The number of carboxylic acid groups (broad SMARTS) is 1. The van der Waals surface area contributed by atoms with Crippen molar-refractivity contribution in [3.8, 4) is 5.75 Å². The summed E-state index contributed by atoms with van der Waals surface area (Å²) in [6.07, 6.45) is 2.96. The molecule has 3 aromatic rings. The Hall–Kier alpha value is -2.37. The Morgan fingerprint density at radius 1 is 1.11 bits per heavy atom. The largest absolute Gasteiger partial charge is 0.492 e. The summed E-state index contributed by atoms with van der Waals surface area (Å²) in [7, 11) is 0. The number of rotatable bonds is 8. The van der Waals surface area contributed by atoms with Gasteiger partial charge in [-0.25, -0.2) is 0 Å². The van der Waals surface area contributed by atoms with Crippen molar-refractivity contribution in [3.63, 3.8) is 0 Å². The maximum Gasteiger partial charge on any atom is 0.312 e. The van der Waals surface area contributed by atoms with Gasteiger partial charge in [-0.1, -0.05) is 36.4 Å². The summed E-state index contributed by atoms with van der Waals surface area (Å²) >= 11 is 1.50. The molecule has 4 rings (SSSR count). The van der Waals surface area contributed by atoms with Crippen molar-refractivity contribution in [1.82, 2.24) is 4.90 Å². The monoisotopic (exact) mass is 395 g/mol. The fourth-order valence-electron chi connectivity index (χ4n) is 3.96. The summed E-state index contributed by atoms with van der Waals surface area (Å²) in [5, 5.41) is 14.0. The number of thiophene rings is 1. The molecule has 0 bridgehead atoms. The molecular weight excluding hydrogens is 370 g/mol. The van der Waals surface area contributed by atoms with Crippen molar-refractivity contribution in [2.75, 3.05) is 26.2 Å². The van der Waals surface area contributed by atoms with Crippen molar-refractivity contribution >= 4 is 28.1 Å². The molecule has 1 atom stereocenters. The number of ether oxygens (including phenoxy) is 1. The Labute approximate surface area is 169 Å². The smallest absolute Gasteiger partial charge is 0.312 e. The van der Waals surface area contributed by atoms with Gasteiger partial charge in [0.25, 0.3) is 0 Å². The van der Waals surface area contributed by atoms with E-state index >= 15 is 0 Å². The lowest BCUT2D eigenvalue weighted by atomic mass is 9.93. The van der Waals surface area contributed by atoms with Crippen LogP contribution in [0.5, 0.6) is 5.75 Å². The van der Waals surface area contributed by atoms with Crippen LogP contribution in [0.3, 0.4) is 0 Å². The van der Waals surface area contributed by atoms with E-state index in [-0.39, 0.29) is 0 Å². The van der Waals surface area contributed by atoms with E-state index in [0.717, 1.165) is 46.6 Å². The number of nitrogens with zero attached hydrogens (tertiary/aromatic N) is 1. The molecule has 1 unspecified atom stereocenters. The molecule has 4 nitrogen and oxygen atoms in total. The molecule has 1 aliphatic rings. The molecular formula is C23H25NO3S. The lowest BCUT2D eigenvalue weighted by Gasteiger charge is -2.19. The molecule has 0 amide bonds. The standard InChI is InChI=1S/C23H25NO3S/c25-23(26)20(22-8-5-15-28-22)16-19-18-7-2-1-6-17(18)9-10-21(19)27-14-13-24-11-3-4-12-24/h1-2,5-10,15,20H,3-4,11-14,16H2,(H,25,26). The minimum atomic E-state index is -0.793. The van der Waals surface area contributed by atoms with E-state index in [1.807, 2.05) is 35.7 Å². The first-order valence-electron chi connectivity index (χ1n) is 9.84. The van der Waals surface area contributed by atoms with E-state index in [9.17, 15) is 9.90 Å². The number of benzene rings is 2. The highest BCUT2D eigenvalue weighted by Gasteiger charge is 2.24. The molecule has 0 radical (unpaired) electrons. The first-order chi connectivity index (χ1) is 13.7. The van der Waals surface area contributed by atoms with Gasteiger partial charge in [0.15, 0.2) is 0 Å². The van der Waals surface area contributed by atoms with Crippen LogP contribution < -0.4 is 4.74 Å². The predicted molar refractivity (Wildman–Crippen MR) is 114 cm³/mol. The summed E-state index contributed by atoms with van der Waals surface area (Å²) in [5.41, 5.74) is 0.986. The van der Waals surface area contributed by atoms with Crippen LogP contribution in [-0.4, -0.2) is 42.2 Å². The van der Waals surface area contributed by atoms with E-state index in [0.29, 0.717) is 13.0 Å². The number of fused-ring (bicyclic) bond motifs is 1. The highest BCUT2D eigenvalue weighted by molar-refractivity contribution is 7.10. The normalized spacial score (nSPS) is 15.7. The number of likely N-dealkylation sites (tertiary alicyclic amines) is 1. The molecule has 1 fully saturated rings. The Bertz CT molecular complexity index is 932. The van der Waals surface area contributed by atoms with Crippen molar-refractivity contribution in [1.29, 1.82) is 0 Å². The fraction of sp³-hybridized carbons (Fsp3) is 0.348. The summed E-state index contributed by atoms with van der Waals surface area (Å²) in [6, 6.07) is 16.0. The predicted octanol–water partition coefficient (Wildman–Crippen LogP) is 4.79.